The van der Waals surface area contributed by atoms with Crippen molar-refractivity contribution in [2.45, 2.75) is 89.3 Å². The first-order valence-corrected chi connectivity index (χ1v) is 18.3. The standard InChI is InChI=1S/C36H42BrF3N3O2Si/c1-23-17-27-26(14-15-31-28(27)20-41-43(31)32-13-9-10-16-44-32)34(33-29(38)18-24(37)19-30(33)39)42(23)21-36(5,40)22-45-46(35(2,3)4)25-11-7-6-8-12-25/h6-8,11-12,14-15,18-20,23,32,34H,9-10,13,16-17,21-22H2,1-5H3/t23-,32?,34+,36?/m1/s1. The molecule has 0 bridgehead atoms. The molecular weight excluding hydrogens is 671 g/mol. The molecule has 0 spiro atoms. The van der Waals surface area contributed by atoms with Crippen LogP contribution < -0.4 is 5.19 Å². The maximum Gasteiger partial charge on any atom is 0.252 e. The summed E-state index contributed by atoms with van der Waals surface area (Å²) in [5.41, 5.74) is 0.793. The molecule has 0 saturated carbocycles. The summed E-state index contributed by atoms with van der Waals surface area (Å²) in [4.78, 5) is 1.91. The Labute approximate surface area is 279 Å². The van der Waals surface area contributed by atoms with Crippen LogP contribution in [0.2, 0.25) is 5.04 Å². The first-order chi connectivity index (χ1) is 21.8. The van der Waals surface area contributed by atoms with Crippen molar-refractivity contribution < 1.29 is 22.3 Å². The number of hydrogen-bond donors (Lipinski definition) is 0. The molecule has 2 aliphatic heterocycles. The Morgan fingerprint density at radius 2 is 1.76 bits per heavy atom. The van der Waals surface area contributed by atoms with E-state index < -0.39 is 32.4 Å². The molecule has 0 N–H and O–H groups in total. The predicted octanol–water partition coefficient (Wildman–Crippen LogP) is 8.56. The number of aromatic nitrogens is 2. The van der Waals surface area contributed by atoms with E-state index >= 15 is 13.2 Å². The van der Waals surface area contributed by atoms with Gasteiger partial charge in [-0.05, 0) is 79.1 Å². The van der Waals surface area contributed by atoms with Gasteiger partial charge in [-0.25, -0.2) is 17.9 Å². The van der Waals surface area contributed by atoms with Crippen LogP contribution in [0.3, 0.4) is 0 Å². The van der Waals surface area contributed by atoms with Crippen LogP contribution in [-0.4, -0.2) is 55.2 Å². The van der Waals surface area contributed by atoms with E-state index in [-0.39, 0.29) is 36.0 Å². The van der Waals surface area contributed by atoms with Crippen LogP contribution in [0.1, 0.15) is 82.8 Å². The van der Waals surface area contributed by atoms with Gasteiger partial charge in [0.15, 0.2) is 6.23 Å². The van der Waals surface area contributed by atoms with Gasteiger partial charge < -0.3 is 9.16 Å². The molecule has 6 rings (SSSR count). The average Bonchev–Trinajstić information content (AvgIpc) is 3.43. The lowest BCUT2D eigenvalue weighted by Crippen LogP contribution is -2.52. The smallest absolute Gasteiger partial charge is 0.252 e. The number of ether oxygens (including phenoxy) is 1. The van der Waals surface area contributed by atoms with E-state index in [9.17, 15) is 0 Å². The maximum atomic E-state index is 16.7. The SMILES string of the molecule is C[C@@H]1Cc2c(ccc3c2cnn3C2CCCCO2)[C@@H](c2c(F)cc(Br)cc2F)N1CC(C)(F)CO[Si](c1ccccc1)C(C)(C)C. The first kappa shape index (κ1) is 33.4. The minimum absolute atomic E-state index is 0.0610. The second-order valence-corrected chi connectivity index (χ2v) is 18.0. The molecule has 2 unspecified atom stereocenters. The molecule has 2 aliphatic rings. The van der Waals surface area contributed by atoms with Gasteiger partial charge in [-0.1, -0.05) is 73.1 Å². The second kappa shape index (κ2) is 13.2. The fourth-order valence-corrected chi connectivity index (χ4v) is 9.83. The summed E-state index contributed by atoms with van der Waals surface area (Å²) in [7, 11) is -1.59. The van der Waals surface area contributed by atoms with Crippen LogP contribution in [-0.2, 0) is 15.6 Å². The molecule has 245 valence electrons. The van der Waals surface area contributed by atoms with Gasteiger partial charge in [0.1, 0.15) is 17.3 Å². The largest absolute Gasteiger partial charge is 0.408 e. The summed E-state index contributed by atoms with van der Waals surface area (Å²) < 4.78 is 63.1. The number of halogens is 4. The van der Waals surface area contributed by atoms with Gasteiger partial charge in [0, 0.05) is 34.6 Å². The number of hydrogen-bond acceptors (Lipinski definition) is 4. The third-order valence-corrected chi connectivity index (χ3v) is 12.2. The Bertz CT molecular complexity index is 1660. The zero-order chi connectivity index (χ0) is 32.8. The molecule has 1 aromatic heterocycles. The van der Waals surface area contributed by atoms with E-state index in [1.165, 1.54) is 19.1 Å². The second-order valence-electron chi connectivity index (χ2n) is 14.0. The quantitative estimate of drug-likeness (QED) is 0.172. The Hall–Kier alpha value is -2.50. The number of alkyl halides is 1. The van der Waals surface area contributed by atoms with E-state index in [2.05, 4.69) is 36.7 Å². The number of fused-ring (bicyclic) bond motifs is 3. The van der Waals surface area contributed by atoms with Crippen LogP contribution in [0.4, 0.5) is 13.2 Å². The monoisotopic (exact) mass is 712 g/mol. The zero-order valence-corrected chi connectivity index (χ0v) is 29.7. The summed E-state index contributed by atoms with van der Waals surface area (Å²) in [5, 5.41) is 6.55. The Balaban J connectivity index is 1.37. The highest BCUT2D eigenvalue weighted by molar-refractivity contribution is 9.10. The van der Waals surface area contributed by atoms with Crippen LogP contribution in [0.15, 0.2) is 65.3 Å². The summed E-state index contributed by atoms with van der Waals surface area (Å²) >= 11 is 3.23. The van der Waals surface area contributed by atoms with Crippen LogP contribution in [0.25, 0.3) is 10.9 Å². The predicted molar refractivity (Wildman–Crippen MR) is 181 cm³/mol. The van der Waals surface area contributed by atoms with E-state index in [4.69, 9.17) is 14.3 Å². The van der Waals surface area contributed by atoms with Crippen LogP contribution in [0.5, 0.6) is 0 Å². The van der Waals surface area contributed by atoms with E-state index in [1.807, 2.05) is 65.2 Å². The van der Waals surface area contributed by atoms with Crippen LogP contribution in [0, 0.1) is 11.6 Å². The highest BCUT2D eigenvalue weighted by atomic mass is 79.9. The highest BCUT2D eigenvalue weighted by Gasteiger charge is 2.42. The third kappa shape index (κ3) is 6.74. The van der Waals surface area contributed by atoms with Gasteiger partial charge in [0.25, 0.3) is 9.04 Å². The Morgan fingerprint density at radius 1 is 1.04 bits per heavy atom. The van der Waals surface area contributed by atoms with E-state index in [0.717, 1.165) is 46.5 Å². The lowest BCUT2D eigenvalue weighted by molar-refractivity contribution is -0.0366. The van der Waals surface area contributed by atoms with Gasteiger partial charge in [0.2, 0.25) is 0 Å². The molecule has 46 heavy (non-hydrogen) atoms. The summed E-state index contributed by atoms with van der Waals surface area (Å²) in [6.07, 6.45) is 5.28. The molecule has 4 atom stereocenters. The topological polar surface area (TPSA) is 39.5 Å². The van der Waals surface area contributed by atoms with Crippen molar-refractivity contribution in [3.05, 3.63) is 93.6 Å². The number of rotatable bonds is 8. The molecule has 1 radical (unpaired) electrons. The summed E-state index contributed by atoms with van der Waals surface area (Å²) in [5.74, 6) is -1.35. The fourth-order valence-electron chi connectivity index (χ4n) is 7.03. The molecule has 1 fully saturated rings. The van der Waals surface area contributed by atoms with Gasteiger partial charge >= 0.3 is 0 Å². The van der Waals surface area contributed by atoms with Crippen LogP contribution >= 0.6 is 15.9 Å². The zero-order valence-electron chi connectivity index (χ0n) is 27.1. The van der Waals surface area contributed by atoms with E-state index in [1.54, 1.807) is 0 Å². The molecule has 0 aliphatic carbocycles. The molecular formula is C36H42BrF3N3O2Si. The first-order valence-electron chi connectivity index (χ1n) is 16.1. The van der Waals surface area contributed by atoms with Crippen molar-refractivity contribution in [3.63, 3.8) is 0 Å². The molecule has 10 heteroatoms. The van der Waals surface area contributed by atoms with Crippen molar-refractivity contribution >= 4 is 41.1 Å². The van der Waals surface area contributed by atoms with Gasteiger partial charge in [-0.2, -0.15) is 5.10 Å². The minimum atomic E-state index is -1.80. The molecule has 4 aromatic rings. The van der Waals surface area contributed by atoms with Crippen molar-refractivity contribution in [1.29, 1.82) is 0 Å². The summed E-state index contributed by atoms with van der Waals surface area (Å²) in [6.45, 7) is 10.4. The van der Waals surface area contributed by atoms with Crippen molar-refractivity contribution in [2.24, 2.45) is 0 Å². The van der Waals surface area contributed by atoms with Crippen molar-refractivity contribution in [1.82, 2.24) is 14.7 Å². The van der Waals surface area contributed by atoms with Gasteiger partial charge in [-0.15, -0.1) is 0 Å². The molecule has 3 aromatic carbocycles. The van der Waals surface area contributed by atoms with Crippen molar-refractivity contribution in [3.8, 4) is 0 Å². The van der Waals surface area contributed by atoms with Crippen molar-refractivity contribution in [2.75, 3.05) is 19.8 Å². The lowest BCUT2D eigenvalue weighted by Gasteiger charge is -2.45. The van der Waals surface area contributed by atoms with Gasteiger partial charge in [0.05, 0.1) is 24.4 Å². The summed E-state index contributed by atoms with van der Waals surface area (Å²) in [6, 6.07) is 15.4. The fraction of sp³-hybridized carbons (Fsp3) is 0.472. The Morgan fingerprint density at radius 3 is 2.41 bits per heavy atom. The minimum Gasteiger partial charge on any atom is -0.408 e. The Kier molecular flexibility index (Phi) is 9.57. The number of benzene rings is 3. The van der Waals surface area contributed by atoms with Gasteiger partial charge in [-0.3, -0.25) is 4.90 Å². The highest BCUT2D eigenvalue weighted by Crippen LogP contribution is 2.44. The molecule has 0 amide bonds. The maximum absolute atomic E-state index is 16.7. The molecule has 3 heterocycles. The average molecular weight is 714 g/mol. The molecule has 5 nitrogen and oxygen atoms in total. The normalized spacial score (nSPS) is 22.3. The third-order valence-electron chi connectivity index (χ3n) is 9.11. The molecule has 1 saturated heterocycles. The lowest BCUT2D eigenvalue weighted by atomic mass is 9.82. The van der Waals surface area contributed by atoms with E-state index in [0.29, 0.717) is 17.5 Å². The number of nitrogens with zero attached hydrogens (tertiary/aromatic N) is 3.